The van der Waals surface area contributed by atoms with Gasteiger partial charge in [-0.25, -0.2) is 13.6 Å². The molecule has 2 aromatic carbocycles. The molecular weight excluding hydrogens is 452 g/mol. The van der Waals surface area contributed by atoms with E-state index in [0.29, 0.717) is 15.9 Å². The predicted octanol–water partition coefficient (Wildman–Crippen LogP) is 1.38. The number of nitrogens with two attached hydrogens (primary N) is 1. The fourth-order valence-electron chi connectivity index (χ4n) is 3.35. The molecule has 32 heavy (non-hydrogen) atoms. The molecule has 2 N–H and O–H groups in total. The molecule has 3 amide bonds. The normalized spacial score (nSPS) is 14.9. The third-order valence-corrected chi connectivity index (χ3v) is 6.78. The van der Waals surface area contributed by atoms with Gasteiger partial charge in [-0.15, -0.1) is 6.42 Å². The van der Waals surface area contributed by atoms with Crippen LogP contribution in [0.2, 0.25) is 0 Å². The Morgan fingerprint density at radius 3 is 2.53 bits per heavy atom. The second kappa shape index (κ2) is 8.16. The highest BCUT2D eigenvalue weighted by Crippen LogP contribution is 2.24. The van der Waals surface area contributed by atoms with Crippen molar-refractivity contribution in [2.45, 2.75) is 24.3 Å². The van der Waals surface area contributed by atoms with Crippen LogP contribution in [0.3, 0.4) is 0 Å². The van der Waals surface area contributed by atoms with Crippen LogP contribution in [0.5, 0.6) is 0 Å². The van der Waals surface area contributed by atoms with Crippen LogP contribution >= 0.6 is 11.3 Å². The number of amides is 3. The number of rotatable bonds is 4. The van der Waals surface area contributed by atoms with Crippen LogP contribution in [0.4, 0.5) is 5.69 Å². The van der Waals surface area contributed by atoms with Crippen LogP contribution in [-0.2, 0) is 26.2 Å². The second-order valence-corrected chi connectivity index (χ2v) is 9.51. The summed E-state index contributed by atoms with van der Waals surface area (Å²) in [6.07, 6.45) is 5.73. The van der Waals surface area contributed by atoms with Crippen molar-refractivity contribution in [2.24, 2.45) is 10.1 Å². The van der Waals surface area contributed by atoms with Crippen molar-refractivity contribution in [2.75, 3.05) is 4.90 Å². The van der Waals surface area contributed by atoms with Gasteiger partial charge in [0.15, 0.2) is 4.80 Å². The Morgan fingerprint density at radius 2 is 1.88 bits per heavy atom. The zero-order valence-electron chi connectivity index (χ0n) is 16.5. The lowest BCUT2D eigenvalue weighted by Gasteiger charge is -2.14. The number of sulfonamides is 1. The molecule has 1 aliphatic rings. The van der Waals surface area contributed by atoms with Gasteiger partial charge in [-0.1, -0.05) is 23.3 Å². The third-order valence-electron chi connectivity index (χ3n) is 4.83. The minimum atomic E-state index is -3.90. The monoisotopic (exact) mass is 468 g/mol. The summed E-state index contributed by atoms with van der Waals surface area (Å²) in [5.74, 6) is 1.25. The molecule has 4 rings (SSSR count). The van der Waals surface area contributed by atoms with Gasteiger partial charge in [0.2, 0.25) is 21.8 Å². The van der Waals surface area contributed by atoms with Crippen LogP contribution in [0.1, 0.15) is 23.2 Å². The molecule has 0 aliphatic carbocycles. The molecule has 0 unspecified atom stereocenters. The molecule has 9 nitrogen and oxygen atoms in total. The summed E-state index contributed by atoms with van der Waals surface area (Å²) in [5.41, 5.74) is 1.10. The number of aromatic nitrogens is 1. The van der Waals surface area contributed by atoms with Crippen molar-refractivity contribution < 1.29 is 22.8 Å². The number of fused-ring (bicyclic) bond motifs is 1. The largest absolute Gasteiger partial charge is 0.305 e. The van der Waals surface area contributed by atoms with E-state index in [2.05, 4.69) is 10.9 Å². The molecule has 1 fully saturated rings. The lowest BCUT2D eigenvalue weighted by Crippen LogP contribution is -2.28. The summed E-state index contributed by atoms with van der Waals surface area (Å²) in [7, 11) is -3.90. The van der Waals surface area contributed by atoms with Gasteiger partial charge in [-0.2, -0.15) is 4.99 Å². The molecule has 0 saturated carbocycles. The first kappa shape index (κ1) is 21.6. The summed E-state index contributed by atoms with van der Waals surface area (Å²) < 4.78 is 25.5. The summed E-state index contributed by atoms with van der Waals surface area (Å²) in [4.78, 5) is 42.3. The summed E-state index contributed by atoms with van der Waals surface area (Å²) >= 11 is 1.09. The van der Waals surface area contributed by atoms with E-state index < -0.39 is 15.9 Å². The number of carbonyl (C=O) groups is 3. The average molecular weight is 469 g/mol. The van der Waals surface area contributed by atoms with Crippen LogP contribution in [0.15, 0.2) is 52.4 Å². The van der Waals surface area contributed by atoms with Crippen molar-refractivity contribution in [3.8, 4) is 12.3 Å². The number of anilines is 1. The lowest BCUT2D eigenvalue weighted by atomic mass is 10.2. The molecule has 1 aromatic heterocycles. The van der Waals surface area contributed by atoms with Gasteiger partial charge in [0, 0.05) is 18.4 Å². The van der Waals surface area contributed by atoms with Gasteiger partial charge in [-0.3, -0.25) is 19.3 Å². The molecule has 1 saturated heterocycles. The Balaban J connectivity index is 1.79. The van der Waals surface area contributed by atoms with Crippen molar-refractivity contribution in [3.63, 3.8) is 0 Å². The molecule has 0 spiro atoms. The average Bonchev–Trinajstić information content (AvgIpc) is 3.26. The fourth-order valence-corrected chi connectivity index (χ4v) is 5.04. The number of benzene rings is 2. The Hall–Kier alpha value is -3.59. The van der Waals surface area contributed by atoms with Gasteiger partial charge in [0.1, 0.15) is 0 Å². The summed E-state index contributed by atoms with van der Waals surface area (Å²) in [6.45, 7) is 0.109. The number of hydrogen-bond acceptors (Lipinski definition) is 6. The highest BCUT2D eigenvalue weighted by Gasteiger charge is 2.30. The molecule has 0 atom stereocenters. The standard InChI is InChI=1S/C21H16N4O5S2/c1-2-10-24-16-7-6-15(32(22,29)30)12-17(16)31-21(24)23-20(28)13-4-3-5-14(11-13)25-18(26)8-9-19(25)27/h1,3-7,11-12H,8-10H2,(H2,22,29,30). The topological polar surface area (TPSA) is 132 Å². The molecule has 2 heterocycles. The number of hydrogen-bond donors (Lipinski definition) is 1. The molecule has 1 aliphatic heterocycles. The maximum atomic E-state index is 12.9. The van der Waals surface area contributed by atoms with Crippen molar-refractivity contribution in [1.82, 2.24) is 4.57 Å². The van der Waals surface area contributed by atoms with Gasteiger partial charge in [0.25, 0.3) is 5.91 Å². The smallest absolute Gasteiger partial charge is 0.279 e. The third kappa shape index (κ3) is 3.99. The second-order valence-electron chi connectivity index (χ2n) is 6.94. The molecule has 162 valence electrons. The van der Waals surface area contributed by atoms with Crippen molar-refractivity contribution in [3.05, 3.63) is 52.8 Å². The Labute approximate surface area is 186 Å². The number of thiazole rings is 1. The molecule has 0 bridgehead atoms. The van der Waals surface area contributed by atoms with E-state index in [1.54, 1.807) is 22.8 Å². The molecule has 0 radical (unpaired) electrons. The van der Waals surface area contributed by atoms with Crippen LogP contribution < -0.4 is 14.8 Å². The Kier molecular flexibility index (Phi) is 5.52. The van der Waals surface area contributed by atoms with E-state index in [1.807, 2.05) is 0 Å². The van der Waals surface area contributed by atoms with Crippen molar-refractivity contribution >= 4 is 55.0 Å². The Bertz CT molecular complexity index is 1490. The van der Waals surface area contributed by atoms with Crippen molar-refractivity contribution in [1.29, 1.82) is 0 Å². The zero-order valence-corrected chi connectivity index (χ0v) is 18.1. The van der Waals surface area contributed by atoms with Crippen LogP contribution in [-0.4, -0.2) is 30.7 Å². The number of imide groups is 1. The van der Waals surface area contributed by atoms with Gasteiger partial charge in [0.05, 0.1) is 27.3 Å². The van der Waals surface area contributed by atoms with E-state index in [-0.39, 0.29) is 46.5 Å². The SMILES string of the molecule is C#CCn1c(=NC(=O)c2cccc(N3C(=O)CCC3=O)c2)sc2cc(S(N)(=O)=O)ccc21. The van der Waals surface area contributed by atoms with E-state index in [4.69, 9.17) is 11.6 Å². The fraction of sp³-hybridized carbons (Fsp3) is 0.143. The lowest BCUT2D eigenvalue weighted by molar-refractivity contribution is -0.121. The van der Waals surface area contributed by atoms with Gasteiger partial charge in [-0.05, 0) is 36.4 Å². The minimum Gasteiger partial charge on any atom is -0.305 e. The quantitative estimate of drug-likeness (QED) is 0.456. The number of primary sulfonamides is 1. The summed E-state index contributed by atoms with van der Waals surface area (Å²) in [5, 5.41) is 5.20. The number of terminal acetylenes is 1. The van der Waals surface area contributed by atoms with Gasteiger partial charge < -0.3 is 4.57 Å². The first-order valence-electron chi connectivity index (χ1n) is 9.33. The molecule has 3 aromatic rings. The highest BCUT2D eigenvalue weighted by atomic mass is 32.2. The van der Waals surface area contributed by atoms with E-state index in [1.165, 1.54) is 24.3 Å². The maximum absolute atomic E-state index is 12.9. The number of carbonyl (C=O) groups excluding carboxylic acids is 3. The first-order valence-corrected chi connectivity index (χ1v) is 11.7. The van der Waals surface area contributed by atoms with Gasteiger partial charge >= 0.3 is 0 Å². The number of nitrogens with zero attached hydrogens (tertiary/aromatic N) is 3. The molecular formula is C21H16N4O5S2. The zero-order chi connectivity index (χ0) is 23.0. The molecule has 11 heteroatoms. The minimum absolute atomic E-state index is 0.0652. The maximum Gasteiger partial charge on any atom is 0.279 e. The van der Waals surface area contributed by atoms with Crippen LogP contribution in [0.25, 0.3) is 10.2 Å². The van der Waals surface area contributed by atoms with E-state index in [9.17, 15) is 22.8 Å². The van der Waals surface area contributed by atoms with Crippen LogP contribution in [0, 0.1) is 12.3 Å². The predicted molar refractivity (Wildman–Crippen MR) is 118 cm³/mol. The summed E-state index contributed by atoms with van der Waals surface area (Å²) in [6, 6.07) is 10.4. The highest BCUT2D eigenvalue weighted by molar-refractivity contribution is 7.89. The van der Waals surface area contributed by atoms with E-state index in [0.717, 1.165) is 16.2 Å². The van der Waals surface area contributed by atoms with E-state index >= 15 is 0 Å². The Morgan fingerprint density at radius 1 is 1.16 bits per heavy atom. The first-order chi connectivity index (χ1) is 15.2.